The molecule has 1 fully saturated rings. The summed E-state index contributed by atoms with van der Waals surface area (Å²) in [6.07, 6.45) is 4.09. The molecule has 0 spiro atoms. The van der Waals surface area contributed by atoms with E-state index in [0.29, 0.717) is 32.8 Å². The molecule has 6 nitrogen and oxygen atoms in total. The maximum absolute atomic E-state index is 13.3. The van der Waals surface area contributed by atoms with Gasteiger partial charge in [0.15, 0.2) is 0 Å². The van der Waals surface area contributed by atoms with Gasteiger partial charge in [0.1, 0.15) is 15.8 Å². The number of aromatic nitrogens is 2. The summed E-state index contributed by atoms with van der Waals surface area (Å²) < 4.78 is 2.00. The molecule has 164 valence electrons. The highest BCUT2D eigenvalue weighted by Gasteiger charge is 2.35. The highest BCUT2D eigenvalue weighted by molar-refractivity contribution is 8.26. The molecule has 1 aliphatic heterocycles. The number of carbonyl (C=O) groups is 1. The van der Waals surface area contributed by atoms with E-state index in [9.17, 15) is 9.59 Å². The van der Waals surface area contributed by atoms with Crippen LogP contribution in [0.25, 0.3) is 11.7 Å². The molecule has 0 saturated carbocycles. The second-order valence-corrected chi connectivity index (χ2v) is 9.43. The van der Waals surface area contributed by atoms with E-state index in [4.69, 9.17) is 12.2 Å². The quantitative estimate of drug-likeness (QED) is 0.424. The summed E-state index contributed by atoms with van der Waals surface area (Å²) in [6.45, 7) is 6.52. The van der Waals surface area contributed by atoms with Crippen LogP contribution >= 0.6 is 24.0 Å². The van der Waals surface area contributed by atoms with Crippen LogP contribution < -0.4 is 10.9 Å². The van der Waals surface area contributed by atoms with E-state index >= 15 is 0 Å². The van der Waals surface area contributed by atoms with Gasteiger partial charge in [-0.2, -0.15) is 0 Å². The standard InChI is InChI=1S/C24H24N4O2S2/c1-4-16(3)28-23(30)19(32-24(28)31)13-18-21(25-14-17-10-8-15(2)9-11-17)26-20-7-5-6-12-27(20)22(18)29/h5-13,16,25H,4,14H2,1-3H3/b19-13-/t16-/m1/s1. The maximum Gasteiger partial charge on any atom is 0.267 e. The summed E-state index contributed by atoms with van der Waals surface area (Å²) >= 11 is 6.66. The van der Waals surface area contributed by atoms with Gasteiger partial charge in [0, 0.05) is 18.8 Å². The summed E-state index contributed by atoms with van der Waals surface area (Å²) in [5.41, 5.74) is 2.88. The van der Waals surface area contributed by atoms with Crippen LogP contribution in [0.15, 0.2) is 58.4 Å². The third-order valence-electron chi connectivity index (χ3n) is 5.48. The summed E-state index contributed by atoms with van der Waals surface area (Å²) in [7, 11) is 0. The minimum Gasteiger partial charge on any atom is -0.365 e. The number of carbonyl (C=O) groups excluding carboxylic acids is 1. The van der Waals surface area contributed by atoms with Crippen LogP contribution in [0.4, 0.5) is 5.82 Å². The van der Waals surface area contributed by atoms with Crippen molar-refractivity contribution in [3.05, 3.63) is 80.6 Å². The van der Waals surface area contributed by atoms with E-state index < -0.39 is 0 Å². The smallest absolute Gasteiger partial charge is 0.267 e. The van der Waals surface area contributed by atoms with Crippen molar-refractivity contribution in [1.29, 1.82) is 0 Å². The SMILES string of the molecule is CC[C@@H](C)N1C(=O)/C(=C/c2c(NCc3ccc(C)cc3)nc3ccccn3c2=O)SC1=S. The summed E-state index contributed by atoms with van der Waals surface area (Å²) in [5, 5.41) is 3.29. The van der Waals surface area contributed by atoms with Gasteiger partial charge in [-0.1, -0.05) is 66.8 Å². The van der Waals surface area contributed by atoms with Gasteiger partial charge in [0.25, 0.3) is 11.5 Å². The number of hydrogen-bond donors (Lipinski definition) is 1. The second-order valence-electron chi connectivity index (χ2n) is 7.76. The van der Waals surface area contributed by atoms with Crippen molar-refractivity contribution < 1.29 is 4.79 Å². The van der Waals surface area contributed by atoms with Gasteiger partial charge in [0.2, 0.25) is 0 Å². The van der Waals surface area contributed by atoms with Crippen LogP contribution in [0.3, 0.4) is 0 Å². The molecule has 1 aliphatic rings. The van der Waals surface area contributed by atoms with Crippen LogP contribution in [-0.2, 0) is 11.3 Å². The zero-order chi connectivity index (χ0) is 22.8. The molecule has 1 amide bonds. The Labute approximate surface area is 196 Å². The average molecular weight is 465 g/mol. The van der Waals surface area contributed by atoms with Gasteiger partial charge >= 0.3 is 0 Å². The molecule has 1 aromatic carbocycles. The normalized spacial score (nSPS) is 16.2. The predicted octanol–water partition coefficient (Wildman–Crippen LogP) is 4.61. The van der Waals surface area contributed by atoms with Crippen molar-refractivity contribution in [2.24, 2.45) is 0 Å². The molecule has 0 unspecified atom stereocenters. The first kappa shape index (κ1) is 22.2. The van der Waals surface area contributed by atoms with E-state index in [1.807, 2.05) is 51.1 Å². The third kappa shape index (κ3) is 4.33. The molecule has 3 heterocycles. The van der Waals surface area contributed by atoms with E-state index in [-0.39, 0.29) is 17.5 Å². The monoisotopic (exact) mass is 464 g/mol. The fraction of sp³-hybridized carbons (Fsp3) is 0.250. The highest BCUT2D eigenvalue weighted by Crippen LogP contribution is 2.34. The molecular formula is C24H24N4O2S2. The van der Waals surface area contributed by atoms with Crippen LogP contribution in [0.2, 0.25) is 0 Å². The van der Waals surface area contributed by atoms with Crippen LogP contribution in [0, 0.1) is 6.92 Å². The number of thioether (sulfide) groups is 1. The Kier molecular flexibility index (Phi) is 6.43. The molecule has 32 heavy (non-hydrogen) atoms. The van der Waals surface area contributed by atoms with Crippen LogP contribution in [-0.4, -0.2) is 30.6 Å². The number of nitrogens with zero attached hydrogens (tertiary/aromatic N) is 3. The maximum atomic E-state index is 13.3. The number of aryl methyl sites for hydroxylation is 1. The number of pyridine rings is 1. The highest BCUT2D eigenvalue weighted by atomic mass is 32.2. The molecule has 8 heteroatoms. The molecule has 0 radical (unpaired) electrons. The Hall–Kier alpha value is -2.97. The Morgan fingerprint density at radius 3 is 2.66 bits per heavy atom. The topological polar surface area (TPSA) is 66.7 Å². The third-order valence-corrected chi connectivity index (χ3v) is 6.81. The molecule has 1 atom stereocenters. The minimum atomic E-state index is -0.240. The van der Waals surface area contributed by atoms with Gasteiger partial charge in [-0.3, -0.25) is 18.9 Å². The second kappa shape index (κ2) is 9.26. The van der Waals surface area contributed by atoms with Crippen molar-refractivity contribution >= 4 is 51.7 Å². The number of anilines is 1. The van der Waals surface area contributed by atoms with Crippen molar-refractivity contribution in [1.82, 2.24) is 14.3 Å². The molecule has 0 bridgehead atoms. The number of fused-ring (bicyclic) bond motifs is 1. The molecule has 1 saturated heterocycles. The van der Waals surface area contributed by atoms with E-state index in [1.165, 1.54) is 21.7 Å². The number of benzene rings is 1. The lowest BCUT2D eigenvalue weighted by Crippen LogP contribution is -2.36. The lowest BCUT2D eigenvalue weighted by atomic mass is 10.1. The first-order chi connectivity index (χ1) is 15.4. The first-order valence-electron chi connectivity index (χ1n) is 10.5. The first-order valence-corrected chi connectivity index (χ1v) is 11.7. The lowest BCUT2D eigenvalue weighted by molar-refractivity contribution is -0.123. The summed E-state index contributed by atoms with van der Waals surface area (Å²) in [5.74, 6) is 0.270. The Morgan fingerprint density at radius 1 is 1.19 bits per heavy atom. The van der Waals surface area contributed by atoms with Crippen molar-refractivity contribution in [3.8, 4) is 0 Å². The predicted molar refractivity (Wildman–Crippen MR) is 135 cm³/mol. The minimum absolute atomic E-state index is 0.00311. The van der Waals surface area contributed by atoms with Gasteiger partial charge < -0.3 is 5.32 Å². The number of thiocarbonyl (C=S) groups is 1. The van der Waals surface area contributed by atoms with Gasteiger partial charge in [-0.25, -0.2) is 4.98 Å². The number of hydrogen-bond acceptors (Lipinski definition) is 6. The van der Waals surface area contributed by atoms with Crippen molar-refractivity contribution in [2.75, 3.05) is 5.32 Å². The Bertz CT molecular complexity index is 1280. The van der Waals surface area contributed by atoms with E-state index in [2.05, 4.69) is 10.3 Å². The molecule has 2 aromatic heterocycles. The van der Waals surface area contributed by atoms with Crippen molar-refractivity contribution in [3.63, 3.8) is 0 Å². The molecular weight excluding hydrogens is 440 g/mol. The zero-order valence-corrected chi connectivity index (χ0v) is 19.8. The fourth-order valence-electron chi connectivity index (χ4n) is 3.43. The van der Waals surface area contributed by atoms with E-state index in [1.54, 1.807) is 29.3 Å². The van der Waals surface area contributed by atoms with E-state index in [0.717, 1.165) is 12.0 Å². The number of amides is 1. The molecule has 3 aromatic rings. The van der Waals surface area contributed by atoms with Crippen molar-refractivity contribution in [2.45, 2.75) is 39.8 Å². The Morgan fingerprint density at radius 2 is 1.94 bits per heavy atom. The lowest BCUT2D eigenvalue weighted by Gasteiger charge is -2.21. The number of rotatable bonds is 6. The molecule has 4 rings (SSSR count). The molecule has 0 aliphatic carbocycles. The zero-order valence-electron chi connectivity index (χ0n) is 18.2. The summed E-state index contributed by atoms with van der Waals surface area (Å²) in [4.78, 5) is 33.1. The Balaban J connectivity index is 1.76. The number of nitrogens with one attached hydrogen (secondary N) is 1. The molecule has 1 N–H and O–H groups in total. The van der Waals surface area contributed by atoms with Gasteiger partial charge in [-0.05, 0) is 44.0 Å². The summed E-state index contributed by atoms with van der Waals surface area (Å²) in [6, 6.07) is 13.6. The van der Waals surface area contributed by atoms with Gasteiger partial charge in [0.05, 0.1) is 10.5 Å². The van der Waals surface area contributed by atoms with Crippen LogP contribution in [0.5, 0.6) is 0 Å². The van der Waals surface area contributed by atoms with Gasteiger partial charge in [-0.15, -0.1) is 0 Å². The average Bonchev–Trinajstić information content (AvgIpc) is 3.07. The fourth-order valence-corrected chi connectivity index (χ4v) is 4.88. The van der Waals surface area contributed by atoms with Crippen LogP contribution in [0.1, 0.15) is 37.0 Å². The largest absolute Gasteiger partial charge is 0.365 e.